The standard InChI is InChI=1S/C19H23NO5/c1-22-15-6-4-5-7-17(15)25-13-19(21)20-11-10-14-8-9-16(23-2)18(12-14)24-3/h4-9,12H,10-11,13H2,1-3H3,(H,20,21). The van der Waals surface area contributed by atoms with E-state index in [2.05, 4.69) is 5.32 Å². The maximum Gasteiger partial charge on any atom is 0.257 e. The molecule has 2 rings (SSSR count). The Morgan fingerprint density at radius 1 is 0.880 bits per heavy atom. The molecule has 6 heteroatoms. The van der Waals surface area contributed by atoms with Gasteiger partial charge >= 0.3 is 0 Å². The summed E-state index contributed by atoms with van der Waals surface area (Å²) >= 11 is 0. The molecule has 1 N–H and O–H groups in total. The summed E-state index contributed by atoms with van der Waals surface area (Å²) in [6.07, 6.45) is 0.681. The Bertz CT molecular complexity index is 702. The second-order valence-corrected chi connectivity index (χ2v) is 5.23. The van der Waals surface area contributed by atoms with E-state index in [1.165, 1.54) is 0 Å². The number of amides is 1. The van der Waals surface area contributed by atoms with E-state index in [-0.39, 0.29) is 12.5 Å². The van der Waals surface area contributed by atoms with Crippen molar-refractivity contribution in [3.8, 4) is 23.0 Å². The summed E-state index contributed by atoms with van der Waals surface area (Å²) in [6, 6.07) is 12.9. The van der Waals surface area contributed by atoms with Crippen molar-refractivity contribution in [2.45, 2.75) is 6.42 Å². The van der Waals surface area contributed by atoms with Gasteiger partial charge in [0.15, 0.2) is 29.6 Å². The van der Waals surface area contributed by atoms with E-state index in [0.29, 0.717) is 36.0 Å². The van der Waals surface area contributed by atoms with Gasteiger partial charge in [0.2, 0.25) is 0 Å². The Labute approximate surface area is 147 Å². The maximum atomic E-state index is 11.9. The minimum absolute atomic E-state index is 0.0632. The van der Waals surface area contributed by atoms with Crippen LogP contribution < -0.4 is 24.3 Å². The molecule has 0 aromatic heterocycles. The summed E-state index contributed by atoms with van der Waals surface area (Å²) in [5.41, 5.74) is 1.04. The van der Waals surface area contributed by atoms with Gasteiger partial charge in [0.05, 0.1) is 21.3 Å². The topological polar surface area (TPSA) is 66.0 Å². The van der Waals surface area contributed by atoms with Gasteiger partial charge < -0.3 is 24.3 Å². The van der Waals surface area contributed by atoms with Crippen LogP contribution in [0, 0.1) is 0 Å². The van der Waals surface area contributed by atoms with E-state index in [9.17, 15) is 4.79 Å². The van der Waals surface area contributed by atoms with Crippen LogP contribution in [-0.4, -0.2) is 40.4 Å². The molecule has 0 heterocycles. The third kappa shape index (κ3) is 5.31. The van der Waals surface area contributed by atoms with Crippen molar-refractivity contribution in [1.82, 2.24) is 5.32 Å². The lowest BCUT2D eigenvalue weighted by Gasteiger charge is -2.11. The Balaban J connectivity index is 1.79. The van der Waals surface area contributed by atoms with Crippen molar-refractivity contribution >= 4 is 5.91 Å². The molecule has 134 valence electrons. The van der Waals surface area contributed by atoms with E-state index >= 15 is 0 Å². The number of methoxy groups -OCH3 is 3. The Kier molecular flexibility index (Phi) is 6.95. The van der Waals surface area contributed by atoms with Gasteiger partial charge in [-0.3, -0.25) is 4.79 Å². The minimum Gasteiger partial charge on any atom is -0.493 e. The summed E-state index contributed by atoms with van der Waals surface area (Å²) < 4.78 is 21.1. The van der Waals surface area contributed by atoms with Gasteiger partial charge in [0.1, 0.15) is 0 Å². The van der Waals surface area contributed by atoms with Gasteiger partial charge in [-0.15, -0.1) is 0 Å². The molecule has 0 atom stereocenters. The Morgan fingerprint density at radius 3 is 2.20 bits per heavy atom. The first-order valence-electron chi connectivity index (χ1n) is 7.91. The summed E-state index contributed by atoms with van der Waals surface area (Å²) in [5, 5.41) is 2.83. The van der Waals surface area contributed by atoms with E-state index in [1.807, 2.05) is 30.3 Å². The smallest absolute Gasteiger partial charge is 0.257 e. The number of para-hydroxylation sites is 2. The summed E-state index contributed by atoms with van der Waals surface area (Å²) in [5.74, 6) is 2.30. The third-order valence-corrected chi connectivity index (χ3v) is 3.61. The van der Waals surface area contributed by atoms with Crippen LogP contribution in [0.2, 0.25) is 0 Å². The molecule has 0 saturated heterocycles. The molecule has 6 nitrogen and oxygen atoms in total. The average Bonchev–Trinajstić information content (AvgIpc) is 2.66. The number of benzene rings is 2. The zero-order valence-corrected chi connectivity index (χ0v) is 14.7. The van der Waals surface area contributed by atoms with Crippen molar-refractivity contribution in [3.05, 3.63) is 48.0 Å². The van der Waals surface area contributed by atoms with Gasteiger partial charge in [-0.1, -0.05) is 18.2 Å². The lowest BCUT2D eigenvalue weighted by atomic mass is 10.1. The van der Waals surface area contributed by atoms with E-state index in [1.54, 1.807) is 33.5 Å². The first-order chi connectivity index (χ1) is 12.2. The Morgan fingerprint density at radius 2 is 1.52 bits per heavy atom. The molecular formula is C19H23NO5. The first kappa shape index (κ1) is 18.4. The van der Waals surface area contributed by atoms with E-state index in [4.69, 9.17) is 18.9 Å². The molecule has 0 bridgehead atoms. The quantitative estimate of drug-likeness (QED) is 0.756. The summed E-state index contributed by atoms with van der Waals surface area (Å²) in [6.45, 7) is 0.440. The van der Waals surface area contributed by atoms with Gasteiger partial charge in [-0.2, -0.15) is 0 Å². The number of hydrogen-bond donors (Lipinski definition) is 1. The molecule has 1 amide bonds. The van der Waals surface area contributed by atoms with Crippen LogP contribution >= 0.6 is 0 Å². The van der Waals surface area contributed by atoms with Crippen LogP contribution in [0.5, 0.6) is 23.0 Å². The minimum atomic E-state index is -0.189. The lowest BCUT2D eigenvalue weighted by Crippen LogP contribution is -2.30. The number of ether oxygens (including phenoxy) is 4. The molecule has 2 aromatic rings. The average molecular weight is 345 g/mol. The number of carbonyl (C=O) groups excluding carboxylic acids is 1. The molecule has 0 radical (unpaired) electrons. The fourth-order valence-electron chi connectivity index (χ4n) is 2.31. The second kappa shape index (κ2) is 9.42. The van der Waals surface area contributed by atoms with Crippen LogP contribution in [0.1, 0.15) is 5.56 Å². The number of nitrogens with one attached hydrogen (secondary N) is 1. The van der Waals surface area contributed by atoms with Crippen molar-refractivity contribution in [1.29, 1.82) is 0 Å². The second-order valence-electron chi connectivity index (χ2n) is 5.23. The van der Waals surface area contributed by atoms with E-state index < -0.39 is 0 Å². The largest absolute Gasteiger partial charge is 0.493 e. The zero-order valence-electron chi connectivity index (χ0n) is 14.7. The van der Waals surface area contributed by atoms with Gasteiger partial charge in [0, 0.05) is 6.54 Å². The molecule has 25 heavy (non-hydrogen) atoms. The van der Waals surface area contributed by atoms with Crippen LogP contribution in [0.4, 0.5) is 0 Å². The monoisotopic (exact) mass is 345 g/mol. The lowest BCUT2D eigenvalue weighted by molar-refractivity contribution is -0.123. The summed E-state index contributed by atoms with van der Waals surface area (Å²) in [7, 11) is 4.75. The van der Waals surface area contributed by atoms with Gasteiger partial charge in [-0.25, -0.2) is 0 Å². The first-order valence-corrected chi connectivity index (χ1v) is 7.91. The molecule has 0 aliphatic carbocycles. The van der Waals surface area contributed by atoms with Crippen LogP contribution in [0.3, 0.4) is 0 Å². The predicted molar refractivity (Wildman–Crippen MR) is 94.7 cm³/mol. The molecule has 0 fully saturated rings. The number of rotatable bonds is 9. The predicted octanol–water partition coefficient (Wildman–Crippen LogP) is 2.45. The fraction of sp³-hybridized carbons (Fsp3) is 0.316. The van der Waals surface area contributed by atoms with Crippen molar-refractivity contribution in [3.63, 3.8) is 0 Å². The molecule has 0 aliphatic heterocycles. The highest BCUT2D eigenvalue weighted by Crippen LogP contribution is 2.27. The Hall–Kier alpha value is -2.89. The zero-order chi connectivity index (χ0) is 18.1. The molecule has 0 saturated carbocycles. The van der Waals surface area contributed by atoms with Crippen molar-refractivity contribution < 1.29 is 23.7 Å². The molecule has 0 spiro atoms. The number of carbonyl (C=O) groups is 1. The maximum absolute atomic E-state index is 11.9. The SMILES string of the molecule is COc1ccc(CCNC(=O)COc2ccccc2OC)cc1OC. The normalized spacial score (nSPS) is 10.0. The highest BCUT2D eigenvalue weighted by molar-refractivity contribution is 5.77. The van der Waals surface area contributed by atoms with Gasteiger partial charge in [-0.05, 0) is 36.2 Å². The van der Waals surface area contributed by atoms with Crippen LogP contribution in [0.15, 0.2) is 42.5 Å². The van der Waals surface area contributed by atoms with Crippen molar-refractivity contribution in [2.75, 3.05) is 34.5 Å². The van der Waals surface area contributed by atoms with Crippen molar-refractivity contribution in [2.24, 2.45) is 0 Å². The number of hydrogen-bond acceptors (Lipinski definition) is 5. The fourth-order valence-corrected chi connectivity index (χ4v) is 2.31. The molecule has 2 aromatic carbocycles. The molecule has 0 aliphatic rings. The van der Waals surface area contributed by atoms with E-state index in [0.717, 1.165) is 5.56 Å². The highest BCUT2D eigenvalue weighted by Gasteiger charge is 2.08. The molecule has 0 unspecified atom stereocenters. The third-order valence-electron chi connectivity index (χ3n) is 3.61. The van der Waals surface area contributed by atoms with Gasteiger partial charge in [0.25, 0.3) is 5.91 Å². The highest BCUT2D eigenvalue weighted by atomic mass is 16.5. The summed E-state index contributed by atoms with van der Waals surface area (Å²) in [4.78, 5) is 11.9. The molecular weight excluding hydrogens is 322 g/mol. The van der Waals surface area contributed by atoms with Crippen LogP contribution in [-0.2, 0) is 11.2 Å². The van der Waals surface area contributed by atoms with Crippen LogP contribution in [0.25, 0.3) is 0 Å².